The van der Waals surface area contributed by atoms with Gasteiger partial charge in [0.15, 0.2) is 11.5 Å². The van der Waals surface area contributed by atoms with Crippen molar-refractivity contribution in [1.82, 2.24) is 5.32 Å². The van der Waals surface area contributed by atoms with E-state index >= 15 is 0 Å². The Bertz CT molecular complexity index is 334. The van der Waals surface area contributed by atoms with Crippen LogP contribution in [0.3, 0.4) is 0 Å². The predicted molar refractivity (Wildman–Crippen MR) is 71.9 cm³/mol. The van der Waals surface area contributed by atoms with E-state index in [-0.39, 0.29) is 12.4 Å². The summed E-state index contributed by atoms with van der Waals surface area (Å²) >= 11 is 3.46. The highest BCUT2D eigenvalue weighted by Gasteiger charge is 2.09. The molecule has 0 fully saturated rings. The van der Waals surface area contributed by atoms with E-state index < -0.39 is 0 Å². The highest BCUT2D eigenvalue weighted by molar-refractivity contribution is 9.10. The summed E-state index contributed by atoms with van der Waals surface area (Å²) in [4.78, 5) is 0. The van der Waals surface area contributed by atoms with Gasteiger partial charge in [-0.05, 0) is 40.2 Å². The second-order valence-corrected chi connectivity index (χ2v) is 3.95. The first kappa shape index (κ1) is 15.6. The molecule has 0 bridgehead atoms. The van der Waals surface area contributed by atoms with Crippen molar-refractivity contribution in [2.45, 2.75) is 13.5 Å². The fraction of sp³-hybridized carbons (Fsp3) is 0.455. The Hall–Kier alpha value is -0.450. The second-order valence-electron chi connectivity index (χ2n) is 3.09. The quantitative estimate of drug-likeness (QED) is 0.907. The third-order valence-electron chi connectivity index (χ3n) is 2.07. The van der Waals surface area contributed by atoms with Crippen LogP contribution in [0.1, 0.15) is 12.5 Å². The minimum absolute atomic E-state index is 0. The van der Waals surface area contributed by atoms with Crippen molar-refractivity contribution < 1.29 is 9.47 Å². The average molecular weight is 311 g/mol. The van der Waals surface area contributed by atoms with Gasteiger partial charge in [0.1, 0.15) is 0 Å². The molecule has 16 heavy (non-hydrogen) atoms. The Labute approximate surface area is 111 Å². The molecule has 0 heterocycles. The van der Waals surface area contributed by atoms with E-state index in [1.54, 1.807) is 14.2 Å². The summed E-state index contributed by atoms with van der Waals surface area (Å²) in [7, 11) is 3.27. The van der Waals surface area contributed by atoms with Crippen LogP contribution < -0.4 is 14.8 Å². The number of hydrogen-bond donors (Lipinski definition) is 1. The lowest BCUT2D eigenvalue weighted by molar-refractivity contribution is 0.352. The zero-order valence-electron chi connectivity index (χ0n) is 9.67. The van der Waals surface area contributed by atoms with Crippen molar-refractivity contribution in [2.75, 3.05) is 20.8 Å². The first-order valence-corrected chi connectivity index (χ1v) is 5.63. The maximum atomic E-state index is 5.25. The van der Waals surface area contributed by atoms with Crippen molar-refractivity contribution in [3.05, 3.63) is 22.2 Å². The SMILES string of the molecule is CCNCc1cc(Br)c(OC)c(OC)c1.Cl. The Morgan fingerprint density at radius 2 is 1.94 bits per heavy atom. The van der Waals surface area contributed by atoms with E-state index in [1.165, 1.54) is 5.56 Å². The summed E-state index contributed by atoms with van der Waals surface area (Å²) in [6.45, 7) is 3.86. The molecule has 0 aliphatic heterocycles. The molecule has 5 heteroatoms. The molecule has 0 aromatic heterocycles. The molecule has 0 atom stereocenters. The zero-order valence-corrected chi connectivity index (χ0v) is 12.1. The standard InChI is InChI=1S/C11H16BrNO2.ClH/c1-4-13-7-8-5-9(12)11(15-3)10(6-8)14-2;/h5-6,13H,4,7H2,1-3H3;1H. The molecule has 1 aromatic carbocycles. The first-order valence-electron chi connectivity index (χ1n) is 4.84. The molecule has 0 aliphatic carbocycles. The van der Waals surface area contributed by atoms with E-state index in [1.807, 2.05) is 12.1 Å². The van der Waals surface area contributed by atoms with Crippen molar-refractivity contribution in [2.24, 2.45) is 0 Å². The zero-order chi connectivity index (χ0) is 11.3. The molecule has 0 saturated carbocycles. The number of methoxy groups -OCH3 is 2. The predicted octanol–water partition coefficient (Wildman–Crippen LogP) is 3.00. The molecule has 0 amide bonds. The molecule has 3 nitrogen and oxygen atoms in total. The monoisotopic (exact) mass is 309 g/mol. The number of halogens is 2. The van der Waals surface area contributed by atoms with Crippen molar-refractivity contribution >= 4 is 28.3 Å². The van der Waals surface area contributed by atoms with Gasteiger partial charge in [0, 0.05) is 6.54 Å². The Balaban J connectivity index is 0.00000225. The lowest BCUT2D eigenvalue weighted by Crippen LogP contribution is -2.11. The van der Waals surface area contributed by atoms with Gasteiger partial charge in [0.25, 0.3) is 0 Å². The van der Waals surface area contributed by atoms with Gasteiger partial charge < -0.3 is 14.8 Å². The Morgan fingerprint density at radius 3 is 2.44 bits per heavy atom. The van der Waals surface area contributed by atoms with Crippen LogP contribution in [0.2, 0.25) is 0 Å². The maximum absolute atomic E-state index is 5.25. The third kappa shape index (κ3) is 3.85. The molecule has 0 unspecified atom stereocenters. The molecule has 0 radical (unpaired) electrons. The number of rotatable bonds is 5. The smallest absolute Gasteiger partial charge is 0.174 e. The maximum Gasteiger partial charge on any atom is 0.174 e. The molecule has 92 valence electrons. The van der Waals surface area contributed by atoms with Gasteiger partial charge >= 0.3 is 0 Å². The molecule has 0 saturated heterocycles. The van der Waals surface area contributed by atoms with Gasteiger partial charge in [-0.2, -0.15) is 0 Å². The van der Waals surface area contributed by atoms with Crippen LogP contribution >= 0.6 is 28.3 Å². The van der Waals surface area contributed by atoms with Crippen LogP contribution in [0, 0.1) is 0 Å². The fourth-order valence-electron chi connectivity index (χ4n) is 1.34. The van der Waals surface area contributed by atoms with E-state index in [2.05, 4.69) is 28.2 Å². The fourth-order valence-corrected chi connectivity index (χ4v) is 1.99. The lowest BCUT2D eigenvalue weighted by Gasteiger charge is -2.12. The molecular weight excluding hydrogens is 293 g/mol. The van der Waals surface area contributed by atoms with Crippen LogP contribution in [-0.4, -0.2) is 20.8 Å². The number of ether oxygens (including phenoxy) is 2. The van der Waals surface area contributed by atoms with E-state index in [0.29, 0.717) is 0 Å². The molecule has 1 rings (SSSR count). The summed E-state index contributed by atoms with van der Waals surface area (Å²) in [5, 5.41) is 3.26. The van der Waals surface area contributed by atoms with Crippen molar-refractivity contribution in [3.8, 4) is 11.5 Å². The molecular formula is C11H17BrClNO2. The highest BCUT2D eigenvalue weighted by atomic mass is 79.9. The highest BCUT2D eigenvalue weighted by Crippen LogP contribution is 2.36. The molecule has 0 aliphatic rings. The van der Waals surface area contributed by atoms with E-state index in [9.17, 15) is 0 Å². The van der Waals surface area contributed by atoms with Crippen LogP contribution in [0.15, 0.2) is 16.6 Å². The minimum atomic E-state index is 0. The minimum Gasteiger partial charge on any atom is -0.493 e. The summed E-state index contributed by atoms with van der Waals surface area (Å²) in [5.41, 5.74) is 1.17. The topological polar surface area (TPSA) is 30.5 Å². The summed E-state index contributed by atoms with van der Waals surface area (Å²) in [5.74, 6) is 1.48. The first-order chi connectivity index (χ1) is 7.22. The van der Waals surface area contributed by atoms with Crippen LogP contribution in [0.4, 0.5) is 0 Å². The number of hydrogen-bond acceptors (Lipinski definition) is 3. The molecule has 1 N–H and O–H groups in total. The van der Waals surface area contributed by atoms with Crippen molar-refractivity contribution in [1.29, 1.82) is 0 Å². The normalized spacial score (nSPS) is 9.50. The van der Waals surface area contributed by atoms with Gasteiger partial charge in [-0.25, -0.2) is 0 Å². The van der Waals surface area contributed by atoms with Gasteiger partial charge in [0.05, 0.1) is 18.7 Å². The summed E-state index contributed by atoms with van der Waals surface area (Å²) in [6, 6.07) is 4.01. The average Bonchev–Trinajstić information content (AvgIpc) is 2.25. The van der Waals surface area contributed by atoms with Gasteiger partial charge in [-0.1, -0.05) is 6.92 Å². The summed E-state index contributed by atoms with van der Waals surface area (Å²) in [6.07, 6.45) is 0. The third-order valence-corrected chi connectivity index (χ3v) is 2.66. The lowest BCUT2D eigenvalue weighted by atomic mass is 10.2. The largest absolute Gasteiger partial charge is 0.493 e. The molecule has 1 aromatic rings. The van der Waals surface area contributed by atoms with Crippen LogP contribution in [0.25, 0.3) is 0 Å². The van der Waals surface area contributed by atoms with Gasteiger partial charge in [-0.15, -0.1) is 12.4 Å². The van der Waals surface area contributed by atoms with E-state index in [4.69, 9.17) is 9.47 Å². The number of nitrogens with one attached hydrogen (secondary N) is 1. The number of benzene rings is 1. The van der Waals surface area contributed by atoms with Crippen molar-refractivity contribution in [3.63, 3.8) is 0 Å². The summed E-state index contributed by atoms with van der Waals surface area (Å²) < 4.78 is 11.4. The van der Waals surface area contributed by atoms with Crippen LogP contribution in [-0.2, 0) is 6.54 Å². The van der Waals surface area contributed by atoms with Crippen LogP contribution in [0.5, 0.6) is 11.5 Å². The van der Waals surface area contributed by atoms with Gasteiger partial charge in [0.2, 0.25) is 0 Å². The molecule has 0 spiro atoms. The second kappa shape index (κ2) is 7.76. The Kier molecular flexibility index (Phi) is 7.55. The Morgan fingerprint density at radius 1 is 1.25 bits per heavy atom. The van der Waals surface area contributed by atoms with E-state index in [0.717, 1.165) is 29.1 Å². The van der Waals surface area contributed by atoms with Gasteiger partial charge in [-0.3, -0.25) is 0 Å².